The molecule has 1 aromatic carbocycles. The van der Waals surface area contributed by atoms with Crippen molar-refractivity contribution >= 4 is 11.6 Å². The van der Waals surface area contributed by atoms with E-state index in [9.17, 15) is 4.79 Å². The number of amides is 1. The highest BCUT2D eigenvalue weighted by Gasteiger charge is 2.08. The molecule has 1 rings (SSSR count). The topological polar surface area (TPSA) is 75.3 Å². The van der Waals surface area contributed by atoms with E-state index in [1.165, 1.54) is 0 Å². The molecule has 0 heterocycles. The monoisotopic (exact) mass is 222 g/mol. The average molecular weight is 222 g/mol. The lowest BCUT2D eigenvalue weighted by molar-refractivity contribution is 0.0936. The van der Waals surface area contributed by atoms with E-state index in [2.05, 4.69) is 5.32 Å². The summed E-state index contributed by atoms with van der Waals surface area (Å²) >= 11 is 0. The van der Waals surface area contributed by atoms with Gasteiger partial charge in [0.15, 0.2) is 0 Å². The van der Waals surface area contributed by atoms with Crippen LogP contribution >= 0.6 is 0 Å². The molecule has 4 N–H and O–H groups in total. The molecule has 16 heavy (non-hydrogen) atoms. The number of carbonyl (C=O) groups is 1. The summed E-state index contributed by atoms with van der Waals surface area (Å²) in [5.41, 5.74) is 6.78. The molecule has 4 heteroatoms. The molecule has 1 atom stereocenters. The molecule has 0 saturated heterocycles. The summed E-state index contributed by atoms with van der Waals surface area (Å²) in [4.78, 5) is 11.7. The van der Waals surface area contributed by atoms with Crippen LogP contribution < -0.4 is 11.1 Å². The zero-order valence-corrected chi connectivity index (χ0v) is 9.44. The molecular formula is C12H18N2O2. The second-order valence-electron chi connectivity index (χ2n) is 3.86. The van der Waals surface area contributed by atoms with E-state index in [0.717, 1.165) is 6.42 Å². The standard InChI is InChI=1S/C12H18N2O2/c1-9(3-2-8-15)14-12(16)10-4-6-11(13)7-5-10/h4-7,9,15H,2-3,8,13H2,1H3,(H,14,16). The van der Waals surface area contributed by atoms with Gasteiger partial charge in [-0.1, -0.05) is 0 Å². The van der Waals surface area contributed by atoms with Gasteiger partial charge in [0.25, 0.3) is 5.91 Å². The summed E-state index contributed by atoms with van der Waals surface area (Å²) in [6.45, 7) is 2.08. The van der Waals surface area contributed by atoms with Gasteiger partial charge in [-0.3, -0.25) is 4.79 Å². The molecular weight excluding hydrogens is 204 g/mol. The molecule has 0 radical (unpaired) electrons. The van der Waals surface area contributed by atoms with Crippen LogP contribution in [-0.4, -0.2) is 23.7 Å². The lowest BCUT2D eigenvalue weighted by Gasteiger charge is -2.13. The van der Waals surface area contributed by atoms with Crippen molar-refractivity contribution in [3.05, 3.63) is 29.8 Å². The van der Waals surface area contributed by atoms with Crippen LogP contribution in [-0.2, 0) is 0 Å². The molecule has 0 bridgehead atoms. The van der Waals surface area contributed by atoms with Gasteiger partial charge in [0.05, 0.1) is 0 Å². The van der Waals surface area contributed by atoms with E-state index < -0.39 is 0 Å². The fourth-order valence-electron chi connectivity index (χ4n) is 1.41. The number of aliphatic hydroxyl groups is 1. The van der Waals surface area contributed by atoms with E-state index in [4.69, 9.17) is 10.8 Å². The smallest absolute Gasteiger partial charge is 0.251 e. The van der Waals surface area contributed by atoms with Crippen molar-refractivity contribution in [1.29, 1.82) is 0 Å². The van der Waals surface area contributed by atoms with Gasteiger partial charge in [-0.2, -0.15) is 0 Å². The van der Waals surface area contributed by atoms with E-state index in [0.29, 0.717) is 17.7 Å². The van der Waals surface area contributed by atoms with Crippen molar-refractivity contribution in [3.8, 4) is 0 Å². The van der Waals surface area contributed by atoms with Gasteiger partial charge in [-0.25, -0.2) is 0 Å². The minimum absolute atomic E-state index is 0.0669. The van der Waals surface area contributed by atoms with E-state index in [-0.39, 0.29) is 18.6 Å². The van der Waals surface area contributed by atoms with Gasteiger partial charge in [0.2, 0.25) is 0 Å². The lowest BCUT2D eigenvalue weighted by atomic mass is 10.1. The Morgan fingerprint density at radius 3 is 2.62 bits per heavy atom. The molecule has 0 aliphatic rings. The number of anilines is 1. The summed E-state index contributed by atoms with van der Waals surface area (Å²) in [7, 11) is 0. The fourth-order valence-corrected chi connectivity index (χ4v) is 1.41. The van der Waals surface area contributed by atoms with Gasteiger partial charge in [-0.05, 0) is 44.0 Å². The molecule has 1 unspecified atom stereocenters. The van der Waals surface area contributed by atoms with Crippen LogP contribution in [0.15, 0.2) is 24.3 Å². The van der Waals surface area contributed by atoms with Crippen molar-refractivity contribution in [1.82, 2.24) is 5.32 Å². The Morgan fingerprint density at radius 2 is 2.06 bits per heavy atom. The molecule has 1 amide bonds. The number of nitrogens with two attached hydrogens (primary N) is 1. The molecule has 0 saturated carbocycles. The minimum Gasteiger partial charge on any atom is -0.399 e. The fraction of sp³-hybridized carbons (Fsp3) is 0.417. The number of hydrogen-bond acceptors (Lipinski definition) is 3. The van der Waals surface area contributed by atoms with Crippen LogP contribution in [0.3, 0.4) is 0 Å². The predicted octanol–water partition coefficient (Wildman–Crippen LogP) is 1.16. The summed E-state index contributed by atoms with van der Waals surface area (Å²) in [5.74, 6) is -0.106. The number of nitrogens with one attached hydrogen (secondary N) is 1. The third-order valence-electron chi connectivity index (χ3n) is 2.35. The van der Waals surface area contributed by atoms with Crippen LogP contribution in [0.4, 0.5) is 5.69 Å². The Bertz CT molecular complexity index is 335. The summed E-state index contributed by atoms with van der Waals surface area (Å²) in [6, 6.07) is 6.87. The molecule has 88 valence electrons. The summed E-state index contributed by atoms with van der Waals surface area (Å²) in [6.07, 6.45) is 1.47. The van der Waals surface area contributed by atoms with Gasteiger partial charge in [0.1, 0.15) is 0 Å². The number of nitrogen functional groups attached to an aromatic ring is 1. The van der Waals surface area contributed by atoms with E-state index in [1.54, 1.807) is 24.3 Å². The Balaban J connectivity index is 2.48. The largest absolute Gasteiger partial charge is 0.399 e. The maximum absolute atomic E-state index is 11.7. The second kappa shape index (κ2) is 6.12. The Morgan fingerprint density at radius 1 is 1.44 bits per heavy atom. The Hall–Kier alpha value is -1.55. The summed E-state index contributed by atoms with van der Waals surface area (Å²) < 4.78 is 0. The van der Waals surface area contributed by atoms with Crippen LogP contribution in [0.25, 0.3) is 0 Å². The number of aliphatic hydroxyl groups excluding tert-OH is 1. The molecule has 0 fully saturated rings. The van der Waals surface area contributed by atoms with Crippen molar-refractivity contribution in [3.63, 3.8) is 0 Å². The van der Waals surface area contributed by atoms with Crippen LogP contribution in [0.2, 0.25) is 0 Å². The number of carbonyl (C=O) groups excluding carboxylic acids is 1. The zero-order chi connectivity index (χ0) is 12.0. The summed E-state index contributed by atoms with van der Waals surface area (Å²) in [5, 5.41) is 11.5. The highest BCUT2D eigenvalue weighted by atomic mass is 16.2. The molecule has 0 aliphatic carbocycles. The molecule has 0 spiro atoms. The Labute approximate surface area is 95.5 Å². The minimum atomic E-state index is -0.106. The first-order valence-electron chi connectivity index (χ1n) is 5.40. The van der Waals surface area contributed by atoms with Crippen LogP contribution in [0, 0.1) is 0 Å². The quantitative estimate of drug-likeness (QED) is 0.654. The maximum atomic E-state index is 11.7. The van der Waals surface area contributed by atoms with Crippen LogP contribution in [0.1, 0.15) is 30.1 Å². The predicted molar refractivity (Wildman–Crippen MR) is 64.1 cm³/mol. The highest BCUT2D eigenvalue weighted by molar-refractivity contribution is 5.94. The number of benzene rings is 1. The van der Waals surface area contributed by atoms with Crippen molar-refractivity contribution in [2.24, 2.45) is 0 Å². The lowest BCUT2D eigenvalue weighted by Crippen LogP contribution is -2.32. The molecule has 1 aromatic rings. The van der Waals surface area contributed by atoms with Crippen molar-refractivity contribution in [2.45, 2.75) is 25.8 Å². The van der Waals surface area contributed by atoms with Gasteiger partial charge in [-0.15, -0.1) is 0 Å². The number of hydrogen-bond donors (Lipinski definition) is 3. The third kappa shape index (κ3) is 3.90. The third-order valence-corrected chi connectivity index (χ3v) is 2.35. The second-order valence-corrected chi connectivity index (χ2v) is 3.86. The van der Waals surface area contributed by atoms with Gasteiger partial charge < -0.3 is 16.2 Å². The maximum Gasteiger partial charge on any atom is 0.251 e. The van der Waals surface area contributed by atoms with Gasteiger partial charge in [0, 0.05) is 23.9 Å². The highest BCUT2D eigenvalue weighted by Crippen LogP contribution is 2.06. The van der Waals surface area contributed by atoms with Gasteiger partial charge >= 0.3 is 0 Å². The molecule has 0 aliphatic heterocycles. The van der Waals surface area contributed by atoms with Crippen LogP contribution in [0.5, 0.6) is 0 Å². The first kappa shape index (κ1) is 12.5. The first-order chi connectivity index (χ1) is 7.63. The SMILES string of the molecule is CC(CCCO)NC(=O)c1ccc(N)cc1. The zero-order valence-electron chi connectivity index (χ0n) is 9.44. The van der Waals surface area contributed by atoms with Crippen molar-refractivity contribution < 1.29 is 9.90 Å². The normalized spacial score (nSPS) is 12.1. The molecule has 0 aromatic heterocycles. The van der Waals surface area contributed by atoms with E-state index >= 15 is 0 Å². The Kier molecular flexibility index (Phi) is 4.79. The van der Waals surface area contributed by atoms with Crippen molar-refractivity contribution in [2.75, 3.05) is 12.3 Å². The average Bonchev–Trinajstić information content (AvgIpc) is 2.27. The first-order valence-corrected chi connectivity index (χ1v) is 5.40. The van der Waals surface area contributed by atoms with E-state index in [1.807, 2.05) is 6.92 Å². The number of rotatable bonds is 5. The molecule has 4 nitrogen and oxygen atoms in total.